The van der Waals surface area contributed by atoms with Gasteiger partial charge in [0.05, 0.1) is 4.47 Å². The first-order chi connectivity index (χ1) is 10.7. The van der Waals surface area contributed by atoms with Crippen LogP contribution in [0, 0.1) is 5.82 Å². The molecule has 0 aliphatic heterocycles. The Bertz CT molecular complexity index is 976. The van der Waals surface area contributed by atoms with Crippen LogP contribution in [0.1, 0.15) is 0 Å². The molecule has 6 heteroatoms. The van der Waals surface area contributed by atoms with Gasteiger partial charge in [0.1, 0.15) is 15.8 Å². The van der Waals surface area contributed by atoms with Crippen molar-refractivity contribution >= 4 is 38.2 Å². The monoisotopic (exact) mass is 373 g/mol. The van der Waals surface area contributed by atoms with E-state index in [0.29, 0.717) is 4.47 Å². The number of aromatic amines is 1. The van der Waals surface area contributed by atoms with Gasteiger partial charge in [0.2, 0.25) is 0 Å². The van der Waals surface area contributed by atoms with Gasteiger partial charge in [-0.2, -0.15) is 0 Å². The van der Waals surface area contributed by atoms with Gasteiger partial charge >= 0.3 is 0 Å². The summed E-state index contributed by atoms with van der Waals surface area (Å²) >= 11 is 4.68. The molecule has 0 saturated carbocycles. The molecule has 4 rings (SSSR count). The third-order valence-electron chi connectivity index (χ3n) is 3.39. The highest BCUT2D eigenvalue weighted by atomic mass is 79.9. The summed E-state index contributed by atoms with van der Waals surface area (Å²) in [7, 11) is 0. The van der Waals surface area contributed by atoms with Crippen molar-refractivity contribution in [2.75, 3.05) is 0 Å². The van der Waals surface area contributed by atoms with Crippen LogP contribution in [-0.4, -0.2) is 15.2 Å². The predicted molar refractivity (Wildman–Crippen MR) is 90.3 cm³/mol. The van der Waals surface area contributed by atoms with Gasteiger partial charge < -0.3 is 4.98 Å². The minimum absolute atomic E-state index is 0.286. The molecule has 0 spiro atoms. The van der Waals surface area contributed by atoms with Crippen molar-refractivity contribution < 1.29 is 4.39 Å². The Labute approximate surface area is 138 Å². The molecule has 0 aliphatic rings. The molecule has 4 aromatic rings. The van der Waals surface area contributed by atoms with Crippen LogP contribution in [0.25, 0.3) is 32.0 Å². The maximum absolute atomic E-state index is 13.3. The maximum atomic E-state index is 13.3. The predicted octanol–water partition coefficient (Wildman–Crippen LogP) is 5.26. The topological polar surface area (TPSA) is 41.6 Å². The van der Waals surface area contributed by atoms with Crippen LogP contribution in [0.5, 0.6) is 0 Å². The van der Waals surface area contributed by atoms with E-state index in [1.165, 1.54) is 17.4 Å². The molecule has 0 unspecified atom stereocenters. The summed E-state index contributed by atoms with van der Waals surface area (Å²) in [6.45, 7) is 0. The van der Waals surface area contributed by atoms with Gasteiger partial charge in [-0.15, -0.1) is 10.2 Å². The molecule has 0 radical (unpaired) electrons. The lowest BCUT2D eigenvalue weighted by Crippen LogP contribution is -1.80. The molecule has 0 aliphatic carbocycles. The molecule has 2 aromatic heterocycles. The molecule has 1 N–H and O–H groups in total. The van der Waals surface area contributed by atoms with Gasteiger partial charge in [-0.05, 0) is 58.4 Å². The molecule has 0 amide bonds. The number of halogens is 2. The van der Waals surface area contributed by atoms with Crippen LogP contribution in [0.3, 0.4) is 0 Å². The summed E-state index contributed by atoms with van der Waals surface area (Å²) in [4.78, 5) is 3.17. The Hall–Kier alpha value is -2.05. The van der Waals surface area contributed by atoms with Crippen LogP contribution in [0.4, 0.5) is 4.39 Å². The van der Waals surface area contributed by atoms with E-state index in [1.807, 2.05) is 24.4 Å². The fourth-order valence-electron chi connectivity index (χ4n) is 2.27. The van der Waals surface area contributed by atoms with Crippen LogP contribution in [0.2, 0.25) is 0 Å². The van der Waals surface area contributed by atoms with Gasteiger partial charge in [0.15, 0.2) is 0 Å². The Morgan fingerprint density at radius 2 is 1.68 bits per heavy atom. The summed E-state index contributed by atoms with van der Waals surface area (Å²) < 4.78 is 13.7. The fraction of sp³-hybridized carbons (Fsp3) is 0. The molecule has 0 atom stereocenters. The number of hydrogen-bond donors (Lipinski definition) is 1. The molecular weight excluding hydrogens is 365 g/mol. The van der Waals surface area contributed by atoms with Crippen LogP contribution >= 0.6 is 27.3 Å². The zero-order chi connectivity index (χ0) is 15.1. The molecule has 0 saturated heterocycles. The molecule has 22 heavy (non-hydrogen) atoms. The van der Waals surface area contributed by atoms with E-state index in [1.54, 1.807) is 12.1 Å². The maximum Gasteiger partial charge on any atom is 0.148 e. The number of aromatic nitrogens is 3. The number of rotatable bonds is 2. The van der Waals surface area contributed by atoms with E-state index in [0.717, 1.165) is 32.0 Å². The van der Waals surface area contributed by atoms with Crippen molar-refractivity contribution in [2.45, 2.75) is 0 Å². The number of hydrogen-bond acceptors (Lipinski definition) is 3. The van der Waals surface area contributed by atoms with E-state index >= 15 is 0 Å². The van der Waals surface area contributed by atoms with Gasteiger partial charge in [-0.25, -0.2) is 4.39 Å². The van der Waals surface area contributed by atoms with Crippen molar-refractivity contribution in [3.63, 3.8) is 0 Å². The van der Waals surface area contributed by atoms with Gasteiger partial charge in [-0.1, -0.05) is 11.3 Å². The first-order valence-corrected chi connectivity index (χ1v) is 8.18. The van der Waals surface area contributed by atoms with E-state index in [9.17, 15) is 4.39 Å². The highest BCUT2D eigenvalue weighted by Crippen LogP contribution is 2.32. The van der Waals surface area contributed by atoms with Crippen molar-refractivity contribution in [3.8, 4) is 21.1 Å². The number of fused-ring (bicyclic) bond motifs is 1. The van der Waals surface area contributed by atoms with Crippen molar-refractivity contribution in [3.05, 3.63) is 59.0 Å². The smallest absolute Gasteiger partial charge is 0.148 e. The molecular formula is C16H9BrFN3S. The average Bonchev–Trinajstić information content (AvgIpc) is 3.17. The minimum atomic E-state index is -0.286. The van der Waals surface area contributed by atoms with E-state index in [-0.39, 0.29) is 5.82 Å². The number of nitrogens with one attached hydrogen (secondary N) is 1. The first-order valence-electron chi connectivity index (χ1n) is 6.57. The third-order valence-corrected chi connectivity index (χ3v) is 5.02. The second kappa shape index (κ2) is 5.30. The minimum Gasteiger partial charge on any atom is -0.361 e. The lowest BCUT2D eigenvalue weighted by molar-refractivity contribution is 0.621. The third kappa shape index (κ3) is 2.34. The first kappa shape index (κ1) is 13.6. The summed E-state index contributed by atoms with van der Waals surface area (Å²) in [5.74, 6) is -0.286. The van der Waals surface area contributed by atoms with Crippen molar-refractivity contribution in [2.24, 2.45) is 0 Å². The zero-order valence-corrected chi connectivity index (χ0v) is 13.6. The Morgan fingerprint density at radius 3 is 2.45 bits per heavy atom. The Morgan fingerprint density at radius 1 is 0.955 bits per heavy atom. The Kier molecular flexibility index (Phi) is 3.28. The fourth-order valence-corrected chi connectivity index (χ4v) is 3.49. The quantitative estimate of drug-likeness (QED) is 0.520. The highest BCUT2D eigenvalue weighted by Gasteiger charge is 2.11. The molecule has 2 aromatic carbocycles. The summed E-state index contributed by atoms with van der Waals surface area (Å²) in [6.07, 6.45) is 1.91. The lowest BCUT2D eigenvalue weighted by atomic mass is 10.2. The van der Waals surface area contributed by atoms with Gasteiger partial charge in [0, 0.05) is 28.2 Å². The van der Waals surface area contributed by atoms with E-state index in [4.69, 9.17) is 0 Å². The van der Waals surface area contributed by atoms with Crippen molar-refractivity contribution in [1.82, 2.24) is 15.2 Å². The van der Waals surface area contributed by atoms with Gasteiger partial charge in [0.25, 0.3) is 0 Å². The summed E-state index contributed by atoms with van der Waals surface area (Å²) in [5, 5.41) is 11.2. The second-order valence-electron chi connectivity index (χ2n) is 4.82. The standard InChI is InChI=1S/C16H9BrFN3S/c17-12-8-11(1-3-13(12)18)16-21-20-15(22-16)10-2-4-14-9(7-10)5-6-19-14/h1-8,19H. The molecule has 3 nitrogen and oxygen atoms in total. The summed E-state index contributed by atoms with van der Waals surface area (Å²) in [6, 6.07) is 13.0. The molecule has 0 bridgehead atoms. The highest BCUT2D eigenvalue weighted by molar-refractivity contribution is 9.10. The number of H-pyrrole nitrogens is 1. The molecule has 108 valence electrons. The van der Waals surface area contributed by atoms with Crippen molar-refractivity contribution in [1.29, 1.82) is 0 Å². The average molecular weight is 374 g/mol. The number of nitrogens with zero attached hydrogens (tertiary/aromatic N) is 2. The second-order valence-corrected chi connectivity index (χ2v) is 6.65. The Balaban J connectivity index is 1.75. The zero-order valence-electron chi connectivity index (χ0n) is 11.2. The van der Waals surface area contributed by atoms with Gasteiger partial charge in [-0.3, -0.25) is 0 Å². The largest absolute Gasteiger partial charge is 0.361 e. The molecule has 0 fully saturated rings. The SMILES string of the molecule is Fc1ccc(-c2nnc(-c3ccc4[nH]ccc4c3)s2)cc1Br. The normalized spacial score (nSPS) is 11.2. The number of benzene rings is 2. The van der Waals surface area contributed by atoms with E-state index in [2.05, 4.69) is 37.2 Å². The summed E-state index contributed by atoms with van der Waals surface area (Å²) in [5.41, 5.74) is 2.97. The van der Waals surface area contributed by atoms with Crippen LogP contribution in [0.15, 0.2) is 53.1 Å². The lowest BCUT2D eigenvalue weighted by Gasteiger charge is -1.98. The van der Waals surface area contributed by atoms with Crippen LogP contribution < -0.4 is 0 Å². The molecule has 2 heterocycles. The van der Waals surface area contributed by atoms with E-state index < -0.39 is 0 Å². The van der Waals surface area contributed by atoms with Crippen LogP contribution in [-0.2, 0) is 0 Å².